The highest BCUT2D eigenvalue weighted by Crippen LogP contribution is 2.42. The van der Waals surface area contributed by atoms with Gasteiger partial charge in [0, 0.05) is 43.6 Å². The molecule has 2 N–H and O–H groups in total. The zero-order valence-corrected chi connectivity index (χ0v) is 18.7. The molecule has 10 nitrogen and oxygen atoms in total. The molecular formula is C21H30N8O2. The van der Waals surface area contributed by atoms with Gasteiger partial charge in [-0.05, 0) is 41.0 Å². The average Bonchev–Trinajstić information content (AvgIpc) is 3.32. The molecule has 10 heteroatoms. The van der Waals surface area contributed by atoms with Crippen molar-refractivity contribution in [1.82, 2.24) is 24.8 Å². The van der Waals surface area contributed by atoms with E-state index in [2.05, 4.69) is 42.4 Å². The van der Waals surface area contributed by atoms with E-state index >= 15 is 0 Å². The van der Waals surface area contributed by atoms with Gasteiger partial charge in [-0.1, -0.05) is 0 Å². The van der Waals surface area contributed by atoms with Crippen LogP contribution in [0.5, 0.6) is 0 Å². The topological polar surface area (TPSA) is 108 Å². The Kier molecular flexibility index (Phi) is 5.55. The number of likely N-dealkylation sites (tertiary alicyclic amines) is 1. The van der Waals surface area contributed by atoms with Gasteiger partial charge in [-0.3, -0.25) is 0 Å². The molecule has 1 amide bonds. The van der Waals surface area contributed by atoms with E-state index in [9.17, 15) is 4.79 Å². The van der Waals surface area contributed by atoms with E-state index in [1.807, 2.05) is 40.1 Å². The second-order valence-corrected chi connectivity index (χ2v) is 8.87. The first-order valence-electron chi connectivity index (χ1n) is 10.7. The molecule has 2 atom stereocenters. The van der Waals surface area contributed by atoms with E-state index in [4.69, 9.17) is 4.74 Å². The van der Waals surface area contributed by atoms with E-state index in [-0.39, 0.29) is 18.3 Å². The molecule has 2 aliphatic heterocycles. The molecule has 31 heavy (non-hydrogen) atoms. The van der Waals surface area contributed by atoms with Crippen LogP contribution in [0.3, 0.4) is 0 Å². The summed E-state index contributed by atoms with van der Waals surface area (Å²) in [6.45, 7) is 11.6. The van der Waals surface area contributed by atoms with Crippen LogP contribution in [0.15, 0.2) is 18.7 Å². The normalized spacial score (nSPS) is 20.4. The smallest absolute Gasteiger partial charge is 0.410 e. The molecule has 0 aromatic carbocycles. The number of amides is 1. The largest absolute Gasteiger partial charge is 0.444 e. The Bertz CT molecular complexity index is 943. The minimum Gasteiger partial charge on any atom is -0.444 e. The molecule has 1 fully saturated rings. The molecule has 2 aromatic heterocycles. The predicted molar refractivity (Wildman–Crippen MR) is 118 cm³/mol. The molecule has 166 valence electrons. The summed E-state index contributed by atoms with van der Waals surface area (Å²) < 4.78 is 5.50. The molecule has 2 aliphatic rings. The Hall–Kier alpha value is -3.17. The van der Waals surface area contributed by atoms with Crippen molar-refractivity contribution in [3.05, 3.63) is 30.1 Å². The van der Waals surface area contributed by atoms with Crippen molar-refractivity contribution in [2.24, 2.45) is 0 Å². The fourth-order valence-electron chi connectivity index (χ4n) is 3.88. The van der Waals surface area contributed by atoms with Gasteiger partial charge >= 0.3 is 6.09 Å². The second-order valence-electron chi connectivity index (χ2n) is 8.87. The molecule has 1 saturated heterocycles. The molecule has 4 heterocycles. The summed E-state index contributed by atoms with van der Waals surface area (Å²) in [7, 11) is 0. The summed E-state index contributed by atoms with van der Waals surface area (Å²) in [4.78, 5) is 33.9. The first-order chi connectivity index (χ1) is 14.7. The van der Waals surface area contributed by atoms with Crippen LogP contribution in [-0.2, 0) is 4.74 Å². The van der Waals surface area contributed by atoms with Gasteiger partial charge in [-0.15, -0.1) is 0 Å². The first kappa shape index (κ1) is 21.1. The number of aromatic nitrogens is 4. The number of carbonyl (C=O) groups is 1. The molecule has 0 aliphatic carbocycles. The van der Waals surface area contributed by atoms with E-state index in [0.29, 0.717) is 13.1 Å². The highest BCUT2D eigenvalue weighted by Gasteiger charge is 2.35. The predicted octanol–water partition coefficient (Wildman–Crippen LogP) is 2.95. The zero-order valence-electron chi connectivity index (χ0n) is 18.7. The Morgan fingerprint density at radius 2 is 2.00 bits per heavy atom. The van der Waals surface area contributed by atoms with Crippen LogP contribution in [0.2, 0.25) is 0 Å². The van der Waals surface area contributed by atoms with Crippen molar-refractivity contribution in [3.63, 3.8) is 0 Å². The van der Waals surface area contributed by atoms with E-state index < -0.39 is 5.60 Å². The monoisotopic (exact) mass is 426 g/mol. The van der Waals surface area contributed by atoms with Crippen LogP contribution >= 0.6 is 0 Å². The third-order valence-corrected chi connectivity index (χ3v) is 5.33. The van der Waals surface area contributed by atoms with Crippen LogP contribution in [0, 0.1) is 6.92 Å². The molecule has 0 saturated carbocycles. The van der Waals surface area contributed by atoms with Gasteiger partial charge in [0.05, 0.1) is 0 Å². The van der Waals surface area contributed by atoms with Gasteiger partial charge in [0.2, 0.25) is 0 Å². The SMILES string of the molecule is CCN1c2ncnc(N[C@H]3CCN(C(=O)OC(C)(C)C)C3)c2NC1c1cnc(C)nc1. The van der Waals surface area contributed by atoms with Gasteiger partial charge < -0.3 is 25.2 Å². The number of hydrogen-bond donors (Lipinski definition) is 2. The van der Waals surface area contributed by atoms with Crippen molar-refractivity contribution in [3.8, 4) is 0 Å². The number of nitrogens with zero attached hydrogens (tertiary/aromatic N) is 6. The highest BCUT2D eigenvalue weighted by molar-refractivity contribution is 5.82. The molecule has 0 bridgehead atoms. The fourth-order valence-corrected chi connectivity index (χ4v) is 3.88. The van der Waals surface area contributed by atoms with Gasteiger partial charge in [0.1, 0.15) is 29.6 Å². The molecule has 0 spiro atoms. The number of nitrogens with one attached hydrogen (secondary N) is 2. The minimum atomic E-state index is -0.502. The maximum absolute atomic E-state index is 12.4. The lowest BCUT2D eigenvalue weighted by atomic mass is 10.2. The number of rotatable bonds is 4. The van der Waals surface area contributed by atoms with Crippen LogP contribution in [0.25, 0.3) is 0 Å². The second kappa shape index (κ2) is 8.16. The number of aryl methyl sites for hydroxylation is 1. The van der Waals surface area contributed by atoms with Crippen molar-refractivity contribution in [2.75, 3.05) is 35.2 Å². The number of fused-ring (bicyclic) bond motifs is 1. The minimum absolute atomic E-state index is 0.0881. The van der Waals surface area contributed by atoms with Crippen LogP contribution < -0.4 is 15.5 Å². The first-order valence-corrected chi connectivity index (χ1v) is 10.7. The molecule has 2 aromatic rings. The van der Waals surface area contributed by atoms with Crippen molar-refractivity contribution >= 4 is 23.4 Å². The van der Waals surface area contributed by atoms with Gasteiger partial charge in [-0.25, -0.2) is 24.7 Å². The number of carbonyl (C=O) groups excluding carboxylic acids is 1. The molecule has 4 rings (SSSR count). The number of hydrogen-bond acceptors (Lipinski definition) is 9. The maximum Gasteiger partial charge on any atom is 0.410 e. The quantitative estimate of drug-likeness (QED) is 0.762. The van der Waals surface area contributed by atoms with Crippen molar-refractivity contribution in [2.45, 2.75) is 58.8 Å². The Morgan fingerprint density at radius 1 is 1.26 bits per heavy atom. The molecular weight excluding hydrogens is 396 g/mol. The lowest BCUT2D eigenvalue weighted by Crippen LogP contribution is -2.36. The third kappa shape index (κ3) is 4.47. The van der Waals surface area contributed by atoms with E-state index in [1.54, 1.807) is 11.2 Å². The third-order valence-electron chi connectivity index (χ3n) is 5.33. The summed E-state index contributed by atoms with van der Waals surface area (Å²) in [6, 6.07) is 0.0881. The fraction of sp³-hybridized carbons (Fsp3) is 0.571. The van der Waals surface area contributed by atoms with Crippen LogP contribution in [0.4, 0.5) is 22.1 Å². The van der Waals surface area contributed by atoms with Gasteiger partial charge in [0.25, 0.3) is 0 Å². The van der Waals surface area contributed by atoms with Gasteiger partial charge in [-0.2, -0.15) is 0 Å². The lowest BCUT2D eigenvalue weighted by molar-refractivity contribution is 0.0293. The summed E-state index contributed by atoms with van der Waals surface area (Å²) >= 11 is 0. The van der Waals surface area contributed by atoms with Crippen molar-refractivity contribution < 1.29 is 9.53 Å². The summed E-state index contributed by atoms with van der Waals surface area (Å²) in [5.41, 5.74) is 1.32. The number of ether oxygens (including phenoxy) is 1. The van der Waals surface area contributed by atoms with Crippen molar-refractivity contribution in [1.29, 1.82) is 0 Å². The highest BCUT2D eigenvalue weighted by atomic mass is 16.6. The average molecular weight is 427 g/mol. The zero-order chi connectivity index (χ0) is 22.2. The molecule has 0 radical (unpaired) electrons. The van der Waals surface area contributed by atoms with Crippen LogP contribution in [0.1, 0.15) is 51.7 Å². The summed E-state index contributed by atoms with van der Waals surface area (Å²) in [6.07, 6.45) is 5.68. The van der Waals surface area contributed by atoms with Gasteiger partial charge in [0.15, 0.2) is 11.6 Å². The van der Waals surface area contributed by atoms with Crippen LogP contribution in [-0.4, -0.2) is 62.2 Å². The molecule has 1 unspecified atom stereocenters. The Morgan fingerprint density at radius 3 is 2.68 bits per heavy atom. The van der Waals surface area contributed by atoms with E-state index in [1.165, 1.54) is 0 Å². The summed E-state index contributed by atoms with van der Waals surface area (Å²) in [5.74, 6) is 2.31. The Balaban J connectivity index is 1.49. The van der Waals surface area contributed by atoms with E-state index in [0.717, 1.165) is 41.7 Å². The number of anilines is 3. The standard InChI is InChI=1S/C21H30N8O2/c1-6-29-18(14-9-22-13(2)23-10-14)27-16-17(24-12-25-19(16)29)26-15-7-8-28(11-15)20(30)31-21(3,4)5/h9-10,12,15,18,27H,6-8,11H2,1-5H3,(H,24,25,26)/t15-,18?/m0/s1. The Labute approximate surface area is 182 Å². The maximum atomic E-state index is 12.4. The lowest BCUT2D eigenvalue weighted by Gasteiger charge is -2.24. The summed E-state index contributed by atoms with van der Waals surface area (Å²) in [5, 5.41) is 7.03.